The zero-order valence-corrected chi connectivity index (χ0v) is 11.9. The summed E-state index contributed by atoms with van der Waals surface area (Å²) in [6.07, 6.45) is 2.45. The summed E-state index contributed by atoms with van der Waals surface area (Å²) in [6.45, 7) is 1.11. The third-order valence-corrected chi connectivity index (χ3v) is 5.41. The molecule has 0 saturated carbocycles. The predicted molar refractivity (Wildman–Crippen MR) is 80.7 cm³/mol. The molecule has 96 valence electrons. The average molecular weight is 287 g/mol. The number of nitrogens with zero attached hydrogens (tertiary/aromatic N) is 2. The van der Waals surface area contributed by atoms with Crippen molar-refractivity contribution in [3.8, 4) is 10.7 Å². The van der Waals surface area contributed by atoms with Crippen LogP contribution in [-0.2, 0) is 0 Å². The average Bonchev–Trinajstić information content (AvgIpc) is 3.17. The summed E-state index contributed by atoms with van der Waals surface area (Å²) in [5.41, 5.74) is 2.09. The van der Waals surface area contributed by atoms with Gasteiger partial charge in [-0.3, -0.25) is 0 Å². The van der Waals surface area contributed by atoms with E-state index in [9.17, 15) is 0 Å². The van der Waals surface area contributed by atoms with Gasteiger partial charge in [0.05, 0.1) is 16.3 Å². The number of nitrogens with one attached hydrogen (secondary N) is 1. The Morgan fingerprint density at radius 3 is 3.00 bits per heavy atom. The van der Waals surface area contributed by atoms with Crippen LogP contribution in [0.4, 0.5) is 0 Å². The molecule has 1 saturated heterocycles. The first kappa shape index (κ1) is 11.5. The van der Waals surface area contributed by atoms with E-state index in [1.165, 1.54) is 22.5 Å². The summed E-state index contributed by atoms with van der Waals surface area (Å²) in [5.74, 6) is 0. The number of fused-ring (bicyclic) bond motifs is 1. The Kier molecular flexibility index (Phi) is 2.83. The SMILES string of the molecule is c1ccc2sc(-c3csc(C4CCCN4)n3)nc2c1. The third-order valence-electron chi connectivity index (χ3n) is 3.39. The molecule has 19 heavy (non-hydrogen) atoms. The fraction of sp³-hybridized carbons (Fsp3) is 0.286. The Bertz CT molecular complexity index is 677. The molecule has 3 aromatic rings. The van der Waals surface area contributed by atoms with Crippen LogP contribution in [0.25, 0.3) is 20.9 Å². The zero-order valence-electron chi connectivity index (χ0n) is 10.3. The summed E-state index contributed by atoms with van der Waals surface area (Å²) in [6, 6.07) is 8.71. The van der Waals surface area contributed by atoms with Crippen LogP contribution in [0.15, 0.2) is 29.6 Å². The molecule has 2 aromatic heterocycles. The maximum atomic E-state index is 4.76. The first-order chi connectivity index (χ1) is 9.40. The van der Waals surface area contributed by atoms with Crippen molar-refractivity contribution in [3.05, 3.63) is 34.7 Å². The predicted octanol–water partition coefficient (Wildman–Crippen LogP) is 3.84. The van der Waals surface area contributed by atoms with E-state index in [-0.39, 0.29) is 0 Å². The smallest absolute Gasteiger partial charge is 0.143 e. The monoisotopic (exact) mass is 287 g/mol. The number of benzene rings is 1. The molecule has 1 unspecified atom stereocenters. The van der Waals surface area contributed by atoms with Gasteiger partial charge in [0.15, 0.2) is 0 Å². The van der Waals surface area contributed by atoms with Crippen molar-refractivity contribution in [2.24, 2.45) is 0 Å². The Balaban J connectivity index is 1.71. The Labute approximate surface area is 119 Å². The highest BCUT2D eigenvalue weighted by Gasteiger charge is 2.20. The topological polar surface area (TPSA) is 37.8 Å². The lowest BCUT2D eigenvalue weighted by Crippen LogP contribution is -2.12. The highest BCUT2D eigenvalue weighted by molar-refractivity contribution is 7.21. The molecule has 1 fully saturated rings. The van der Waals surface area contributed by atoms with Gasteiger partial charge in [-0.1, -0.05) is 12.1 Å². The molecule has 0 aliphatic carbocycles. The van der Waals surface area contributed by atoms with Crippen molar-refractivity contribution in [2.45, 2.75) is 18.9 Å². The second kappa shape index (κ2) is 4.67. The molecule has 3 heterocycles. The zero-order chi connectivity index (χ0) is 12.7. The van der Waals surface area contributed by atoms with E-state index in [4.69, 9.17) is 4.98 Å². The van der Waals surface area contributed by atoms with E-state index in [2.05, 4.69) is 33.9 Å². The van der Waals surface area contributed by atoms with Crippen LogP contribution in [-0.4, -0.2) is 16.5 Å². The summed E-state index contributed by atoms with van der Waals surface area (Å²) in [4.78, 5) is 9.43. The van der Waals surface area contributed by atoms with Crippen molar-refractivity contribution in [3.63, 3.8) is 0 Å². The Morgan fingerprint density at radius 2 is 2.16 bits per heavy atom. The molecule has 0 spiro atoms. The molecular weight excluding hydrogens is 274 g/mol. The van der Waals surface area contributed by atoms with E-state index in [0.717, 1.165) is 22.8 Å². The van der Waals surface area contributed by atoms with Crippen molar-refractivity contribution >= 4 is 32.9 Å². The van der Waals surface area contributed by atoms with Crippen LogP contribution in [0.5, 0.6) is 0 Å². The minimum absolute atomic E-state index is 0.452. The second-order valence-electron chi connectivity index (χ2n) is 4.71. The number of hydrogen-bond donors (Lipinski definition) is 1. The second-order valence-corrected chi connectivity index (χ2v) is 6.63. The first-order valence-electron chi connectivity index (χ1n) is 6.45. The molecule has 1 aromatic carbocycles. The summed E-state index contributed by atoms with van der Waals surface area (Å²) >= 11 is 3.46. The van der Waals surface area contributed by atoms with Gasteiger partial charge in [-0.15, -0.1) is 22.7 Å². The number of para-hydroxylation sites is 1. The molecule has 3 nitrogen and oxygen atoms in total. The van der Waals surface area contributed by atoms with Gasteiger partial charge in [-0.05, 0) is 31.5 Å². The fourth-order valence-electron chi connectivity index (χ4n) is 2.42. The van der Waals surface area contributed by atoms with Gasteiger partial charge in [0.1, 0.15) is 15.7 Å². The lowest BCUT2D eigenvalue weighted by molar-refractivity contribution is 0.643. The summed E-state index contributed by atoms with van der Waals surface area (Å²) < 4.78 is 1.23. The van der Waals surface area contributed by atoms with Gasteiger partial charge >= 0.3 is 0 Å². The first-order valence-corrected chi connectivity index (χ1v) is 8.14. The lowest BCUT2D eigenvalue weighted by Gasteiger charge is -2.03. The van der Waals surface area contributed by atoms with E-state index < -0.39 is 0 Å². The van der Waals surface area contributed by atoms with Gasteiger partial charge in [0.25, 0.3) is 0 Å². The quantitative estimate of drug-likeness (QED) is 0.778. The molecule has 4 rings (SSSR count). The van der Waals surface area contributed by atoms with E-state index in [1.807, 2.05) is 6.07 Å². The van der Waals surface area contributed by atoms with Gasteiger partial charge in [0, 0.05) is 5.38 Å². The molecule has 1 aliphatic rings. The molecule has 1 aliphatic heterocycles. The number of thiazole rings is 2. The van der Waals surface area contributed by atoms with E-state index in [0.29, 0.717) is 6.04 Å². The van der Waals surface area contributed by atoms with Crippen molar-refractivity contribution in [2.75, 3.05) is 6.54 Å². The number of aromatic nitrogens is 2. The van der Waals surface area contributed by atoms with Crippen LogP contribution in [0, 0.1) is 0 Å². The molecule has 0 bridgehead atoms. The molecule has 0 radical (unpaired) electrons. The van der Waals surface area contributed by atoms with Gasteiger partial charge in [-0.25, -0.2) is 9.97 Å². The number of rotatable bonds is 2. The van der Waals surface area contributed by atoms with Crippen LogP contribution in [0.3, 0.4) is 0 Å². The molecule has 1 N–H and O–H groups in total. The normalized spacial score (nSPS) is 19.3. The minimum atomic E-state index is 0.452. The van der Waals surface area contributed by atoms with Crippen LogP contribution in [0.2, 0.25) is 0 Å². The lowest BCUT2D eigenvalue weighted by atomic mass is 10.2. The molecule has 5 heteroatoms. The maximum Gasteiger partial charge on any atom is 0.143 e. The Morgan fingerprint density at radius 1 is 1.21 bits per heavy atom. The van der Waals surface area contributed by atoms with E-state index >= 15 is 0 Å². The summed E-state index contributed by atoms with van der Waals surface area (Å²) in [5, 5.41) is 7.86. The van der Waals surface area contributed by atoms with Crippen molar-refractivity contribution < 1.29 is 0 Å². The van der Waals surface area contributed by atoms with Crippen molar-refractivity contribution in [1.29, 1.82) is 0 Å². The maximum absolute atomic E-state index is 4.76. The van der Waals surface area contributed by atoms with Gasteiger partial charge in [0.2, 0.25) is 0 Å². The highest BCUT2D eigenvalue weighted by atomic mass is 32.1. The number of hydrogen-bond acceptors (Lipinski definition) is 5. The molecular formula is C14H13N3S2. The van der Waals surface area contributed by atoms with Gasteiger partial charge in [-0.2, -0.15) is 0 Å². The van der Waals surface area contributed by atoms with Crippen LogP contribution in [0.1, 0.15) is 23.9 Å². The summed E-state index contributed by atoms with van der Waals surface area (Å²) in [7, 11) is 0. The standard InChI is InChI=1S/C14H13N3S2/c1-2-6-12-9(4-1)16-14(19-12)11-8-18-13(17-11)10-5-3-7-15-10/h1-2,4,6,8,10,15H,3,5,7H2. The highest BCUT2D eigenvalue weighted by Crippen LogP contribution is 2.33. The van der Waals surface area contributed by atoms with Crippen LogP contribution < -0.4 is 5.32 Å². The van der Waals surface area contributed by atoms with Crippen LogP contribution >= 0.6 is 22.7 Å². The largest absolute Gasteiger partial charge is 0.308 e. The van der Waals surface area contributed by atoms with E-state index in [1.54, 1.807) is 22.7 Å². The Hall–Kier alpha value is -1.30. The van der Waals surface area contributed by atoms with Crippen molar-refractivity contribution in [1.82, 2.24) is 15.3 Å². The third kappa shape index (κ3) is 2.08. The molecule has 1 atom stereocenters. The molecule has 0 amide bonds. The fourth-order valence-corrected chi connectivity index (χ4v) is 4.34. The van der Waals surface area contributed by atoms with Gasteiger partial charge < -0.3 is 5.32 Å². The minimum Gasteiger partial charge on any atom is -0.308 e.